The van der Waals surface area contributed by atoms with Crippen molar-refractivity contribution in [3.63, 3.8) is 0 Å². The van der Waals surface area contributed by atoms with E-state index in [1.807, 2.05) is 0 Å². The maximum Gasteiger partial charge on any atom is 0.334 e. The summed E-state index contributed by atoms with van der Waals surface area (Å²) < 4.78 is 16.1. The van der Waals surface area contributed by atoms with Gasteiger partial charge < -0.3 is 14.2 Å². The molecule has 0 amide bonds. The third-order valence-corrected chi connectivity index (χ3v) is 6.57. The fourth-order valence-electron chi connectivity index (χ4n) is 4.08. The second-order valence-corrected chi connectivity index (χ2v) is 10.1. The summed E-state index contributed by atoms with van der Waals surface area (Å²) in [5.74, 6) is -2.83. The highest BCUT2D eigenvalue weighted by Gasteiger charge is 2.31. The Morgan fingerprint density at radius 3 is 1.38 bits per heavy atom. The Balaban J connectivity index is 4.64. The van der Waals surface area contributed by atoms with E-state index in [9.17, 15) is 14.4 Å². The molecule has 0 aromatic carbocycles. The largest absolute Gasteiger partial charge is 0.466 e. The van der Waals surface area contributed by atoms with E-state index in [1.54, 1.807) is 0 Å². The lowest BCUT2D eigenvalue weighted by Crippen LogP contribution is -2.28. The Morgan fingerprint density at radius 1 is 0.541 bits per heavy atom. The molecule has 0 fully saturated rings. The smallest absolute Gasteiger partial charge is 0.334 e. The van der Waals surface area contributed by atoms with Crippen LogP contribution >= 0.6 is 0 Å². The van der Waals surface area contributed by atoms with Crippen LogP contribution in [-0.4, -0.2) is 37.7 Å². The van der Waals surface area contributed by atoms with Gasteiger partial charge in [0.25, 0.3) is 0 Å². The van der Waals surface area contributed by atoms with Crippen molar-refractivity contribution in [1.29, 1.82) is 0 Å². The number of rotatable bonds is 26. The van der Waals surface area contributed by atoms with Crippen molar-refractivity contribution in [3.8, 4) is 0 Å². The van der Waals surface area contributed by atoms with E-state index in [0.29, 0.717) is 6.61 Å². The first-order valence-corrected chi connectivity index (χ1v) is 15.2. The van der Waals surface area contributed by atoms with Crippen molar-refractivity contribution in [2.24, 2.45) is 5.92 Å². The molecule has 0 aliphatic carbocycles. The Labute approximate surface area is 227 Å². The molecule has 0 aliphatic rings. The van der Waals surface area contributed by atoms with Gasteiger partial charge in [-0.3, -0.25) is 9.59 Å². The van der Waals surface area contributed by atoms with E-state index >= 15 is 0 Å². The average Bonchev–Trinajstić information content (AvgIpc) is 2.89. The fraction of sp³-hybridized carbons (Fsp3) is 0.839. The van der Waals surface area contributed by atoms with Crippen molar-refractivity contribution < 1.29 is 28.6 Å². The molecule has 0 aliphatic heterocycles. The van der Waals surface area contributed by atoms with Crippen LogP contribution in [0.3, 0.4) is 0 Å². The molecule has 0 radical (unpaired) electrons. The monoisotopic (exact) mass is 524 g/mol. The summed E-state index contributed by atoms with van der Waals surface area (Å²) in [6.07, 6.45) is 19.2. The molecule has 0 rings (SSSR count). The minimum Gasteiger partial charge on any atom is -0.466 e. The van der Waals surface area contributed by atoms with Gasteiger partial charge in [-0.15, -0.1) is 0 Å². The number of hydrogen-bond donors (Lipinski definition) is 0. The predicted octanol–water partition coefficient (Wildman–Crippen LogP) is 8.26. The maximum atomic E-state index is 12.8. The van der Waals surface area contributed by atoms with Gasteiger partial charge in [-0.05, 0) is 19.3 Å². The molecule has 0 aromatic rings. The van der Waals surface area contributed by atoms with Crippen molar-refractivity contribution in [2.75, 3.05) is 19.8 Å². The average molecular weight is 525 g/mol. The van der Waals surface area contributed by atoms with Crippen molar-refractivity contribution in [3.05, 3.63) is 12.2 Å². The fourth-order valence-corrected chi connectivity index (χ4v) is 4.08. The zero-order valence-electron chi connectivity index (χ0n) is 24.3. The SMILES string of the molecule is C=C(C(=O)OCCCCCCCC)C(CC(=O)OCCCCCCCC)C(=O)OCCCCCCCC. The molecule has 0 aromatic heterocycles. The molecule has 0 bridgehead atoms. The van der Waals surface area contributed by atoms with Crippen LogP contribution in [0.25, 0.3) is 0 Å². The van der Waals surface area contributed by atoms with Gasteiger partial charge in [-0.1, -0.05) is 124 Å². The first-order valence-electron chi connectivity index (χ1n) is 15.2. The highest BCUT2D eigenvalue weighted by molar-refractivity contribution is 5.96. The minimum absolute atomic E-state index is 0.0320. The third-order valence-electron chi connectivity index (χ3n) is 6.57. The van der Waals surface area contributed by atoms with Gasteiger partial charge in [0.15, 0.2) is 0 Å². The molecule has 1 unspecified atom stereocenters. The molecule has 1 atom stereocenters. The van der Waals surface area contributed by atoms with Gasteiger partial charge in [-0.2, -0.15) is 0 Å². The molecule has 6 nitrogen and oxygen atoms in total. The molecular formula is C31H56O6. The van der Waals surface area contributed by atoms with Crippen LogP contribution < -0.4 is 0 Å². The summed E-state index contributed by atoms with van der Waals surface area (Å²) in [6, 6.07) is 0. The number of unbranched alkanes of at least 4 members (excludes halogenated alkanes) is 15. The van der Waals surface area contributed by atoms with E-state index < -0.39 is 23.8 Å². The molecule has 0 N–H and O–H groups in total. The first kappa shape index (κ1) is 35.2. The second kappa shape index (κ2) is 25.8. The Kier molecular flexibility index (Phi) is 24.5. The number of carbonyl (C=O) groups excluding carboxylic acids is 3. The normalized spacial score (nSPS) is 11.6. The second-order valence-electron chi connectivity index (χ2n) is 10.1. The topological polar surface area (TPSA) is 78.9 Å². The van der Waals surface area contributed by atoms with E-state index in [2.05, 4.69) is 27.4 Å². The van der Waals surface area contributed by atoms with Gasteiger partial charge in [0.05, 0.1) is 32.2 Å². The van der Waals surface area contributed by atoms with E-state index in [1.165, 1.54) is 57.8 Å². The molecule has 6 heteroatoms. The Hall–Kier alpha value is -1.85. The third kappa shape index (κ3) is 20.8. The first-order chi connectivity index (χ1) is 18.0. The van der Waals surface area contributed by atoms with E-state index in [-0.39, 0.29) is 25.2 Å². The van der Waals surface area contributed by atoms with Gasteiger partial charge in [0, 0.05) is 5.57 Å². The lowest BCUT2D eigenvalue weighted by Gasteiger charge is -2.17. The van der Waals surface area contributed by atoms with Crippen molar-refractivity contribution >= 4 is 17.9 Å². The minimum atomic E-state index is -1.07. The van der Waals surface area contributed by atoms with Crippen LogP contribution in [0.4, 0.5) is 0 Å². The molecule has 0 saturated heterocycles. The number of carbonyl (C=O) groups is 3. The molecular weight excluding hydrogens is 468 g/mol. The summed E-state index contributed by atoms with van der Waals surface area (Å²) in [7, 11) is 0. The predicted molar refractivity (Wildman–Crippen MR) is 150 cm³/mol. The van der Waals surface area contributed by atoms with Gasteiger partial charge in [-0.25, -0.2) is 4.79 Å². The standard InChI is InChI=1S/C31H56O6/c1-5-8-11-14-17-20-23-35-29(32)26-28(31(34)37-25-22-19-16-13-10-7-3)27(4)30(33)36-24-21-18-15-12-9-6-2/h28H,4-26H2,1-3H3. The van der Waals surface area contributed by atoms with Crippen LogP contribution in [0, 0.1) is 5.92 Å². The summed E-state index contributed by atoms with van der Waals surface area (Å²) in [5, 5.41) is 0. The van der Waals surface area contributed by atoms with Crippen molar-refractivity contribution in [2.45, 2.75) is 143 Å². The molecule has 37 heavy (non-hydrogen) atoms. The summed E-state index contributed by atoms with van der Waals surface area (Å²) in [6.45, 7) is 11.2. The van der Waals surface area contributed by atoms with Gasteiger partial charge in [0.1, 0.15) is 0 Å². The lowest BCUT2D eigenvalue weighted by molar-refractivity contribution is -0.155. The summed E-state index contributed by atoms with van der Waals surface area (Å²) >= 11 is 0. The zero-order valence-corrected chi connectivity index (χ0v) is 24.3. The lowest BCUT2D eigenvalue weighted by atomic mass is 9.97. The highest BCUT2D eigenvalue weighted by Crippen LogP contribution is 2.20. The van der Waals surface area contributed by atoms with E-state index in [4.69, 9.17) is 14.2 Å². The quantitative estimate of drug-likeness (QED) is 0.0490. The van der Waals surface area contributed by atoms with Crippen LogP contribution in [0.5, 0.6) is 0 Å². The number of ether oxygens (including phenoxy) is 3. The summed E-state index contributed by atoms with van der Waals surface area (Å²) in [4.78, 5) is 37.9. The van der Waals surface area contributed by atoms with Crippen LogP contribution in [0.2, 0.25) is 0 Å². The van der Waals surface area contributed by atoms with Crippen LogP contribution in [0.15, 0.2) is 12.2 Å². The molecule has 216 valence electrons. The van der Waals surface area contributed by atoms with Gasteiger partial charge in [0.2, 0.25) is 0 Å². The Morgan fingerprint density at radius 2 is 0.919 bits per heavy atom. The van der Waals surface area contributed by atoms with E-state index in [0.717, 1.165) is 57.8 Å². The zero-order chi connectivity index (χ0) is 27.6. The van der Waals surface area contributed by atoms with Crippen molar-refractivity contribution in [1.82, 2.24) is 0 Å². The maximum absolute atomic E-state index is 12.8. The van der Waals surface area contributed by atoms with Crippen LogP contribution in [-0.2, 0) is 28.6 Å². The Bertz CT molecular complexity index is 601. The molecule has 0 heterocycles. The highest BCUT2D eigenvalue weighted by atomic mass is 16.5. The molecule has 0 spiro atoms. The number of hydrogen-bond acceptors (Lipinski definition) is 6. The van der Waals surface area contributed by atoms with Crippen LogP contribution in [0.1, 0.15) is 143 Å². The number of esters is 3. The molecule has 0 saturated carbocycles. The summed E-state index contributed by atoms with van der Waals surface area (Å²) in [5.41, 5.74) is -0.0320. The van der Waals surface area contributed by atoms with Gasteiger partial charge >= 0.3 is 17.9 Å².